The maximum Gasteiger partial charge on any atom is 0.410 e. The second-order valence-electron chi connectivity index (χ2n) is 18.0. The molecule has 0 radical (unpaired) electrons. The number of hydrogen-bond acceptors (Lipinski definition) is 10. The molecule has 0 unspecified atom stereocenters. The number of aromatic nitrogens is 4. The van der Waals surface area contributed by atoms with Crippen LogP contribution in [0.5, 0.6) is 11.5 Å². The molecule has 1 N–H and O–H groups in total. The highest BCUT2D eigenvalue weighted by atomic mass is 19.2. The Morgan fingerprint density at radius 1 is 0.812 bits per heavy atom. The first kappa shape index (κ1) is 44.7. The topological polar surface area (TPSA) is 133 Å². The fraction of sp³-hybridized carbons (Fsp3) is 0.479. The Bertz CT molecular complexity index is 2400. The van der Waals surface area contributed by atoms with Crippen LogP contribution in [0.2, 0.25) is 0 Å². The van der Waals surface area contributed by atoms with E-state index in [1.807, 2.05) is 37.8 Å². The van der Waals surface area contributed by atoms with Crippen LogP contribution in [0, 0.1) is 23.4 Å². The molecule has 3 aliphatic rings. The lowest BCUT2D eigenvalue weighted by molar-refractivity contribution is -0.0536. The summed E-state index contributed by atoms with van der Waals surface area (Å²) in [6.07, 6.45) is 12.5. The van der Waals surface area contributed by atoms with E-state index in [1.54, 1.807) is 29.2 Å². The summed E-state index contributed by atoms with van der Waals surface area (Å²) >= 11 is 0. The van der Waals surface area contributed by atoms with Crippen molar-refractivity contribution in [3.05, 3.63) is 95.7 Å². The first-order chi connectivity index (χ1) is 30.8. The molecule has 16 heteroatoms. The molecule has 13 nitrogen and oxygen atoms in total. The fourth-order valence-electron chi connectivity index (χ4n) is 8.70. The van der Waals surface area contributed by atoms with Gasteiger partial charge >= 0.3 is 6.09 Å². The average Bonchev–Trinajstić information content (AvgIpc) is 3.73. The van der Waals surface area contributed by atoms with Crippen molar-refractivity contribution in [2.24, 2.45) is 5.92 Å². The highest BCUT2D eigenvalue weighted by molar-refractivity contribution is 5.94. The molecule has 2 aliphatic heterocycles. The number of amides is 2. The number of fused-ring (bicyclic) bond motifs is 1. The molecule has 0 spiro atoms. The monoisotopic (exact) mass is 883 g/mol. The number of anilines is 1. The van der Waals surface area contributed by atoms with Gasteiger partial charge in [-0.25, -0.2) is 23.5 Å². The first-order valence-electron chi connectivity index (χ1n) is 22.2. The zero-order chi connectivity index (χ0) is 45.0. The maximum atomic E-state index is 15.0. The van der Waals surface area contributed by atoms with Gasteiger partial charge in [-0.3, -0.25) is 9.48 Å². The van der Waals surface area contributed by atoms with Gasteiger partial charge in [0.25, 0.3) is 5.91 Å². The van der Waals surface area contributed by atoms with Crippen LogP contribution < -0.4 is 19.7 Å². The van der Waals surface area contributed by atoms with Gasteiger partial charge in [-0.05, 0) is 113 Å². The number of ether oxygens (including phenoxy) is 4. The molecule has 0 bridgehead atoms. The zero-order valence-electron chi connectivity index (χ0n) is 36.8. The van der Waals surface area contributed by atoms with Gasteiger partial charge in [0.1, 0.15) is 18.0 Å². The van der Waals surface area contributed by atoms with E-state index in [-0.39, 0.29) is 43.4 Å². The predicted molar refractivity (Wildman–Crippen MR) is 235 cm³/mol. The fourth-order valence-corrected chi connectivity index (χ4v) is 8.70. The van der Waals surface area contributed by atoms with Crippen LogP contribution in [0.1, 0.15) is 94.1 Å². The summed E-state index contributed by atoms with van der Waals surface area (Å²) < 4.78 is 69.2. The quantitative estimate of drug-likeness (QED) is 0.121. The minimum Gasteiger partial charge on any atom is -0.497 e. The molecule has 8 rings (SSSR count). The third-order valence-corrected chi connectivity index (χ3v) is 12.3. The van der Waals surface area contributed by atoms with Crippen LogP contribution in [0.4, 0.5) is 23.9 Å². The van der Waals surface area contributed by atoms with Gasteiger partial charge in [-0.1, -0.05) is 24.3 Å². The van der Waals surface area contributed by atoms with Crippen molar-refractivity contribution in [2.45, 2.75) is 103 Å². The minimum absolute atomic E-state index is 0.117. The summed E-state index contributed by atoms with van der Waals surface area (Å²) in [5.41, 5.74) is 2.13. The Morgan fingerprint density at radius 2 is 1.48 bits per heavy atom. The predicted octanol–water partition coefficient (Wildman–Crippen LogP) is 9.04. The molecule has 0 atom stereocenters. The SMILES string of the molecule is COc1ccc(COc2c(F)cc(C(=O)NCC3CCC(n4cc5ccc(-c6cnc(N7CCC(OC8CCN(C(=O)OC(C)(C)C)CC8)CC7)nc6)cc5n4)CC3)c(F)c2F)cc1. The van der Waals surface area contributed by atoms with Crippen LogP contribution in [0.25, 0.3) is 22.0 Å². The molecule has 4 heterocycles. The van der Waals surface area contributed by atoms with Gasteiger partial charge in [-0.15, -0.1) is 0 Å². The minimum atomic E-state index is -1.55. The van der Waals surface area contributed by atoms with Gasteiger partial charge < -0.3 is 34.1 Å². The Kier molecular flexibility index (Phi) is 13.6. The molecule has 2 amide bonds. The molecular weight excluding hydrogens is 828 g/mol. The lowest BCUT2D eigenvalue weighted by Crippen LogP contribution is -2.45. The summed E-state index contributed by atoms with van der Waals surface area (Å²) in [6, 6.07) is 13.7. The van der Waals surface area contributed by atoms with Crippen molar-refractivity contribution in [1.29, 1.82) is 0 Å². The number of likely N-dealkylation sites (tertiary alicyclic amines) is 1. The molecule has 2 saturated heterocycles. The number of rotatable bonds is 12. The molecule has 2 aromatic heterocycles. The number of methoxy groups -OCH3 is 1. The Labute approximate surface area is 371 Å². The van der Waals surface area contributed by atoms with Crippen LogP contribution in [-0.4, -0.2) is 94.3 Å². The summed E-state index contributed by atoms with van der Waals surface area (Å²) in [5.74, 6) is -4.51. The second-order valence-corrected chi connectivity index (χ2v) is 18.0. The Morgan fingerprint density at radius 3 is 2.14 bits per heavy atom. The zero-order valence-corrected chi connectivity index (χ0v) is 36.8. The van der Waals surface area contributed by atoms with E-state index in [0.29, 0.717) is 36.4 Å². The van der Waals surface area contributed by atoms with E-state index in [2.05, 4.69) is 34.6 Å². The van der Waals surface area contributed by atoms with Crippen molar-refractivity contribution in [1.82, 2.24) is 30.0 Å². The van der Waals surface area contributed by atoms with E-state index >= 15 is 4.39 Å². The number of halogens is 3. The highest BCUT2D eigenvalue weighted by Crippen LogP contribution is 2.34. The Balaban J connectivity index is 0.779. The standard InChI is InChI=1S/C48H56F3N7O6/c1-48(2,3)64-47(60)57-21-17-38(18-22-57)63-37-15-19-56(20-16-37)46-53-26-34(27-54-46)32-9-10-33-28-58(55-41(33)23-32)35-11-5-30(6-12-35)25-52-45(59)39-24-40(49)44(43(51)42(39)50)62-29-31-7-13-36(61-4)14-8-31/h7-10,13-14,23-24,26-28,30,35,37-38H,5-6,11-12,15-22,25,29H2,1-4H3,(H,52,59). The van der Waals surface area contributed by atoms with Crippen LogP contribution >= 0.6 is 0 Å². The number of nitrogens with zero attached hydrogens (tertiary/aromatic N) is 6. The van der Waals surface area contributed by atoms with Crippen molar-refractivity contribution < 1.29 is 41.7 Å². The number of benzene rings is 3. The highest BCUT2D eigenvalue weighted by Gasteiger charge is 2.31. The number of carbonyl (C=O) groups is 2. The van der Waals surface area contributed by atoms with Gasteiger partial charge in [0.15, 0.2) is 17.4 Å². The number of nitrogens with one attached hydrogen (secondary N) is 1. The van der Waals surface area contributed by atoms with E-state index in [0.717, 1.165) is 86.5 Å². The van der Waals surface area contributed by atoms with Crippen LogP contribution in [0.3, 0.4) is 0 Å². The first-order valence-corrected chi connectivity index (χ1v) is 22.2. The van der Waals surface area contributed by atoms with Crippen LogP contribution in [0.15, 0.2) is 67.1 Å². The third kappa shape index (κ3) is 10.7. The maximum absolute atomic E-state index is 15.0. The van der Waals surface area contributed by atoms with E-state index < -0.39 is 40.3 Å². The van der Waals surface area contributed by atoms with Crippen LogP contribution in [-0.2, 0) is 16.1 Å². The molecule has 3 aromatic carbocycles. The molecule has 3 fully saturated rings. The summed E-state index contributed by atoms with van der Waals surface area (Å²) in [5, 5.41) is 8.63. The van der Waals surface area contributed by atoms with Crippen molar-refractivity contribution in [3.63, 3.8) is 0 Å². The normalized spacial score (nSPS) is 18.9. The van der Waals surface area contributed by atoms with Crippen molar-refractivity contribution in [3.8, 4) is 22.6 Å². The number of hydrogen-bond donors (Lipinski definition) is 1. The average molecular weight is 884 g/mol. The lowest BCUT2D eigenvalue weighted by atomic mass is 9.86. The Hall–Kier alpha value is -5.90. The molecule has 1 aliphatic carbocycles. The van der Waals surface area contributed by atoms with Gasteiger partial charge in [0.2, 0.25) is 11.8 Å². The largest absolute Gasteiger partial charge is 0.497 e. The molecule has 64 heavy (non-hydrogen) atoms. The second kappa shape index (κ2) is 19.5. The summed E-state index contributed by atoms with van der Waals surface area (Å²) in [7, 11) is 1.52. The summed E-state index contributed by atoms with van der Waals surface area (Å²) in [6.45, 7) is 8.60. The molecule has 5 aromatic rings. The number of carbonyl (C=O) groups excluding carboxylic acids is 2. The van der Waals surface area contributed by atoms with Gasteiger partial charge in [0.05, 0.1) is 36.4 Å². The number of piperidine rings is 2. The molecule has 1 saturated carbocycles. The third-order valence-electron chi connectivity index (χ3n) is 12.3. The van der Waals surface area contributed by atoms with Gasteiger partial charge in [0, 0.05) is 62.3 Å². The summed E-state index contributed by atoms with van der Waals surface area (Å²) in [4.78, 5) is 38.8. The van der Waals surface area contributed by atoms with E-state index in [4.69, 9.17) is 34.0 Å². The van der Waals surface area contributed by atoms with E-state index in [9.17, 15) is 18.4 Å². The molecule has 340 valence electrons. The van der Waals surface area contributed by atoms with Crippen molar-refractivity contribution >= 4 is 28.9 Å². The van der Waals surface area contributed by atoms with E-state index in [1.165, 1.54) is 7.11 Å². The van der Waals surface area contributed by atoms with Crippen molar-refractivity contribution in [2.75, 3.05) is 44.7 Å². The lowest BCUT2D eigenvalue weighted by Gasteiger charge is -2.37. The molecular formula is C48H56F3N7O6. The van der Waals surface area contributed by atoms with Gasteiger partial charge in [-0.2, -0.15) is 9.49 Å². The smallest absolute Gasteiger partial charge is 0.410 e.